The summed E-state index contributed by atoms with van der Waals surface area (Å²) in [5.74, 6) is 0. The first-order valence-electron chi connectivity index (χ1n) is 3.70. The van der Waals surface area contributed by atoms with Gasteiger partial charge in [0.25, 0.3) is 0 Å². The Bertz CT molecular complexity index is 210. The molecule has 1 rings (SSSR count). The molecule has 0 saturated carbocycles. The van der Waals surface area contributed by atoms with Gasteiger partial charge in [0.1, 0.15) is 0 Å². The van der Waals surface area contributed by atoms with E-state index in [9.17, 15) is 0 Å². The van der Waals surface area contributed by atoms with Gasteiger partial charge in [0.15, 0.2) is 0 Å². The molecule has 0 aromatic heterocycles. The van der Waals surface area contributed by atoms with E-state index in [2.05, 4.69) is 5.32 Å². The molecule has 0 spiro atoms. The van der Waals surface area contributed by atoms with Crippen LogP contribution >= 0.6 is 11.6 Å². The van der Waals surface area contributed by atoms with Gasteiger partial charge in [0.05, 0.1) is 0 Å². The molecule has 0 amide bonds. The number of rotatable bonds is 3. The van der Waals surface area contributed by atoms with Crippen molar-refractivity contribution in [1.82, 2.24) is 0 Å². The smallest absolute Gasteiger partial charge is 0.659 e. The van der Waals surface area contributed by atoms with E-state index in [0.29, 0.717) is 0 Å². The first-order chi connectivity index (χ1) is 5.33. The van der Waals surface area contributed by atoms with Gasteiger partial charge in [-0.05, 0) is 12.1 Å². The summed E-state index contributed by atoms with van der Waals surface area (Å²) in [7, 11) is 0. The monoisotopic (exact) mass is 175 g/mol. The van der Waals surface area contributed by atoms with Gasteiger partial charge in [0.2, 0.25) is 0 Å². The third-order valence-electron chi connectivity index (χ3n) is 1.43. The Labute approximate surface area is 90.7 Å². The van der Waals surface area contributed by atoms with Gasteiger partial charge in [-0.15, -0.1) is 6.54 Å². The van der Waals surface area contributed by atoms with E-state index in [1.807, 2.05) is 31.2 Å². The number of hydrogen-bond donors (Lipinski definition) is 0. The van der Waals surface area contributed by atoms with Crippen molar-refractivity contribution < 1.29 is 18.9 Å². The average molecular weight is 176 g/mol. The van der Waals surface area contributed by atoms with E-state index in [1.54, 1.807) is 0 Å². The summed E-state index contributed by atoms with van der Waals surface area (Å²) in [6, 6.07) is 7.78. The zero-order valence-corrected chi connectivity index (χ0v) is 8.30. The molecule has 1 aromatic rings. The third-order valence-corrected chi connectivity index (χ3v) is 1.68. The Morgan fingerprint density at radius 1 is 1.25 bits per heavy atom. The summed E-state index contributed by atoms with van der Waals surface area (Å²) < 4.78 is 0. The maximum absolute atomic E-state index is 5.72. The van der Waals surface area contributed by atoms with Crippen LogP contribution in [-0.2, 0) is 6.54 Å². The molecule has 0 unspecified atom stereocenters. The summed E-state index contributed by atoms with van der Waals surface area (Å²) in [6.07, 6.45) is 0. The number of nitrogens with zero attached hydrogens (tertiary/aromatic N) is 1. The minimum absolute atomic E-state index is 0. The fourth-order valence-corrected chi connectivity index (χ4v) is 0.957. The molecule has 0 radical (unpaired) electrons. The van der Waals surface area contributed by atoms with E-state index in [1.165, 1.54) is 5.56 Å². The van der Waals surface area contributed by atoms with E-state index < -0.39 is 0 Å². The number of hydrogen-bond acceptors (Lipinski definition) is 0. The fraction of sp³-hybridized carbons (Fsp3) is 0.333. The number of benzene rings is 1. The summed E-state index contributed by atoms with van der Waals surface area (Å²) in [5.41, 5.74) is 1.22. The average Bonchev–Trinajstić information content (AvgIpc) is 2.04. The molecule has 0 N–H and O–H groups in total. The number of halogens is 1. The van der Waals surface area contributed by atoms with Crippen LogP contribution in [0.2, 0.25) is 5.02 Å². The summed E-state index contributed by atoms with van der Waals surface area (Å²) in [6.45, 7) is 3.71. The van der Waals surface area contributed by atoms with E-state index in [-0.39, 0.29) is 18.9 Å². The maximum Gasteiger partial charge on any atom is 1.00 e. The van der Waals surface area contributed by atoms with Gasteiger partial charge in [-0.25, -0.2) is 0 Å². The van der Waals surface area contributed by atoms with Crippen LogP contribution in [0.25, 0.3) is 5.32 Å². The first kappa shape index (κ1) is 12.1. The molecule has 1 nitrogen and oxygen atoms in total. The standard InChI is InChI=1S/C9H11ClN.Li/c1-2-11-7-8-3-5-9(10)6-4-8;/h3-6H,2,7H2,1H3;/q-1;+1. The molecule has 0 aliphatic carbocycles. The summed E-state index contributed by atoms with van der Waals surface area (Å²) in [4.78, 5) is 0. The predicted octanol–water partition coefficient (Wildman–Crippen LogP) is 0.238. The molecule has 12 heavy (non-hydrogen) atoms. The molecular formula is C9H11ClLiN. The predicted molar refractivity (Wildman–Crippen MR) is 49.1 cm³/mol. The molecule has 1 aromatic carbocycles. The SMILES string of the molecule is CC[N-]Cc1ccc(Cl)cc1.[Li+]. The van der Waals surface area contributed by atoms with Crippen LogP contribution in [0.5, 0.6) is 0 Å². The minimum Gasteiger partial charge on any atom is -0.659 e. The largest absolute Gasteiger partial charge is 1.00 e. The Morgan fingerprint density at radius 2 is 1.83 bits per heavy atom. The Balaban J connectivity index is 0.00000121. The van der Waals surface area contributed by atoms with Crippen LogP contribution in [0.3, 0.4) is 0 Å². The van der Waals surface area contributed by atoms with Crippen molar-refractivity contribution in [2.75, 3.05) is 6.54 Å². The summed E-state index contributed by atoms with van der Waals surface area (Å²) >= 11 is 5.72. The zero-order chi connectivity index (χ0) is 8.10. The third kappa shape index (κ3) is 4.18. The van der Waals surface area contributed by atoms with Crippen LogP contribution in [0, 0.1) is 0 Å². The van der Waals surface area contributed by atoms with Crippen LogP contribution in [0.4, 0.5) is 0 Å². The van der Waals surface area contributed by atoms with Crippen LogP contribution in [0.1, 0.15) is 12.5 Å². The maximum atomic E-state index is 5.72. The zero-order valence-electron chi connectivity index (χ0n) is 7.55. The second kappa shape index (κ2) is 6.57. The quantitative estimate of drug-likeness (QED) is 0.585. The normalized spacial score (nSPS) is 9.17. The Hall–Kier alpha value is 0.0674. The van der Waals surface area contributed by atoms with Gasteiger partial charge in [-0.2, -0.15) is 6.54 Å². The van der Waals surface area contributed by atoms with E-state index in [0.717, 1.165) is 18.1 Å². The fourth-order valence-electron chi connectivity index (χ4n) is 0.831. The van der Waals surface area contributed by atoms with Crippen molar-refractivity contribution in [2.45, 2.75) is 13.5 Å². The van der Waals surface area contributed by atoms with Crippen molar-refractivity contribution in [3.05, 3.63) is 40.2 Å². The molecule has 0 saturated heterocycles. The van der Waals surface area contributed by atoms with Crippen LogP contribution in [0.15, 0.2) is 24.3 Å². The van der Waals surface area contributed by atoms with Crippen molar-refractivity contribution in [3.63, 3.8) is 0 Å². The van der Waals surface area contributed by atoms with Crippen LogP contribution < -0.4 is 18.9 Å². The van der Waals surface area contributed by atoms with Crippen molar-refractivity contribution in [1.29, 1.82) is 0 Å². The van der Waals surface area contributed by atoms with Crippen molar-refractivity contribution >= 4 is 11.6 Å². The molecule has 0 aliphatic heterocycles. The van der Waals surface area contributed by atoms with Gasteiger partial charge in [-0.1, -0.05) is 36.2 Å². The second-order valence-electron chi connectivity index (χ2n) is 2.32. The van der Waals surface area contributed by atoms with Gasteiger partial charge in [0, 0.05) is 5.02 Å². The summed E-state index contributed by atoms with van der Waals surface area (Å²) in [5, 5.41) is 5.01. The first-order valence-corrected chi connectivity index (χ1v) is 4.08. The van der Waals surface area contributed by atoms with Crippen LogP contribution in [-0.4, -0.2) is 6.54 Å². The molecule has 0 fully saturated rings. The van der Waals surface area contributed by atoms with Gasteiger partial charge < -0.3 is 5.32 Å². The van der Waals surface area contributed by atoms with Gasteiger partial charge >= 0.3 is 18.9 Å². The Kier molecular flexibility index (Phi) is 6.61. The topological polar surface area (TPSA) is 14.1 Å². The Morgan fingerprint density at radius 3 is 2.33 bits per heavy atom. The van der Waals surface area contributed by atoms with Gasteiger partial charge in [-0.3, -0.25) is 0 Å². The molecule has 0 bridgehead atoms. The van der Waals surface area contributed by atoms with E-state index in [4.69, 9.17) is 11.6 Å². The second-order valence-corrected chi connectivity index (χ2v) is 2.76. The molecule has 0 heterocycles. The molecule has 0 atom stereocenters. The van der Waals surface area contributed by atoms with E-state index >= 15 is 0 Å². The van der Waals surface area contributed by atoms with Crippen molar-refractivity contribution in [3.8, 4) is 0 Å². The minimum atomic E-state index is 0. The molecule has 0 aliphatic rings. The molecular weight excluding hydrogens is 164 g/mol. The van der Waals surface area contributed by atoms with Crippen molar-refractivity contribution in [2.24, 2.45) is 0 Å². The molecule has 3 heteroatoms. The molecule has 60 valence electrons.